The molecule has 5 nitrogen and oxygen atoms in total. The van der Waals surface area contributed by atoms with Gasteiger partial charge >= 0.3 is 0 Å². The number of fused-ring (bicyclic) bond motifs is 2. The van der Waals surface area contributed by atoms with Crippen molar-refractivity contribution in [3.05, 3.63) is 46.0 Å². The fourth-order valence-corrected chi connectivity index (χ4v) is 4.21. The maximum atomic E-state index is 10.4. The average Bonchev–Trinajstić information content (AvgIpc) is 2.82. The van der Waals surface area contributed by atoms with Crippen molar-refractivity contribution < 1.29 is 9.84 Å². The number of nitrogens with zero attached hydrogens (tertiary/aromatic N) is 2. The van der Waals surface area contributed by atoms with Crippen LogP contribution in [-0.2, 0) is 6.54 Å². The van der Waals surface area contributed by atoms with Crippen molar-refractivity contribution >= 4 is 11.6 Å². The molecule has 0 unspecified atom stereocenters. The van der Waals surface area contributed by atoms with Crippen LogP contribution in [0.3, 0.4) is 0 Å². The molecule has 0 amide bonds. The number of benzene rings is 2. The third kappa shape index (κ3) is 2.80. The molecule has 2 aromatic rings. The molecule has 4 rings (SSSR count). The van der Waals surface area contributed by atoms with Crippen molar-refractivity contribution in [3.63, 3.8) is 0 Å². The Morgan fingerprint density at radius 1 is 1.38 bits per heavy atom. The van der Waals surface area contributed by atoms with E-state index in [1.54, 1.807) is 12.1 Å². The standard InChI is InChI=1S/C20H20ClN3O2/c1-12-3-2-4-16(25)17(12)18-13(8-22)7-14-10-24-6-5-23-9-15(24)11-26-20(14)19(18)21/h2-4,7,15,23,25H,5-6,9-11H2,1H3/t15-/m1/s1. The minimum absolute atomic E-state index is 0.110. The van der Waals surface area contributed by atoms with Crippen molar-refractivity contribution in [3.8, 4) is 28.7 Å². The summed E-state index contributed by atoms with van der Waals surface area (Å²) in [7, 11) is 0. The highest BCUT2D eigenvalue weighted by atomic mass is 35.5. The summed E-state index contributed by atoms with van der Waals surface area (Å²) >= 11 is 6.74. The van der Waals surface area contributed by atoms with Crippen LogP contribution in [0, 0.1) is 18.3 Å². The first kappa shape index (κ1) is 17.2. The second-order valence-electron chi connectivity index (χ2n) is 6.82. The van der Waals surface area contributed by atoms with Gasteiger partial charge in [-0.15, -0.1) is 0 Å². The summed E-state index contributed by atoms with van der Waals surface area (Å²) in [5.41, 5.74) is 3.37. The van der Waals surface area contributed by atoms with Crippen molar-refractivity contribution in [2.24, 2.45) is 0 Å². The van der Waals surface area contributed by atoms with Crippen LogP contribution in [0.15, 0.2) is 24.3 Å². The van der Waals surface area contributed by atoms with Gasteiger partial charge in [0, 0.05) is 42.9 Å². The van der Waals surface area contributed by atoms with Crippen LogP contribution in [0.25, 0.3) is 11.1 Å². The summed E-state index contributed by atoms with van der Waals surface area (Å²) < 4.78 is 6.09. The molecular formula is C20H20ClN3O2. The van der Waals surface area contributed by atoms with Gasteiger partial charge in [0.15, 0.2) is 0 Å². The highest BCUT2D eigenvalue weighted by Crippen LogP contribution is 2.45. The van der Waals surface area contributed by atoms with Gasteiger partial charge in [0.1, 0.15) is 18.1 Å². The number of nitriles is 1. The van der Waals surface area contributed by atoms with E-state index in [0.29, 0.717) is 40.6 Å². The van der Waals surface area contributed by atoms with E-state index in [-0.39, 0.29) is 11.8 Å². The predicted octanol–water partition coefficient (Wildman–Crippen LogP) is 3.06. The second-order valence-corrected chi connectivity index (χ2v) is 7.20. The van der Waals surface area contributed by atoms with E-state index in [1.165, 1.54) is 0 Å². The van der Waals surface area contributed by atoms with Gasteiger partial charge in [0.2, 0.25) is 0 Å². The fourth-order valence-electron chi connectivity index (χ4n) is 3.84. The van der Waals surface area contributed by atoms with Crippen LogP contribution in [0.1, 0.15) is 16.7 Å². The lowest BCUT2D eigenvalue weighted by atomic mass is 9.93. The molecule has 0 bridgehead atoms. The Bertz CT molecular complexity index is 887. The molecule has 6 heteroatoms. The number of piperazine rings is 1. The molecule has 0 aromatic heterocycles. The first-order valence-electron chi connectivity index (χ1n) is 8.72. The smallest absolute Gasteiger partial charge is 0.143 e. The Morgan fingerprint density at radius 3 is 3.00 bits per heavy atom. The molecule has 134 valence electrons. The van der Waals surface area contributed by atoms with Crippen LogP contribution in [0.4, 0.5) is 0 Å². The molecule has 1 fully saturated rings. The van der Waals surface area contributed by atoms with Gasteiger partial charge < -0.3 is 15.2 Å². The third-order valence-electron chi connectivity index (χ3n) is 5.19. The molecule has 1 saturated heterocycles. The van der Waals surface area contributed by atoms with Crippen LogP contribution >= 0.6 is 11.6 Å². The molecular weight excluding hydrogens is 350 g/mol. The van der Waals surface area contributed by atoms with Gasteiger partial charge in [-0.05, 0) is 24.6 Å². The number of hydrogen-bond donors (Lipinski definition) is 2. The molecule has 0 radical (unpaired) electrons. The summed E-state index contributed by atoms with van der Waals surface area (Å²) in [5.74, 6) is 0.733. The number of aromatic hydroxyl groups is 1. The number of halogens is 1. The van der Waals surface area contributed by atoms with Gasteiger partial charge in [-0.25, -0.2) is 0 Å². The van der Waals surface area contributed by atoms with Gasteiger partial charge in [-0.3, -0.25) is 4.90 Å². The largest absolute Gasteiger partial charge is 0.507 e. The molecule has 26 heavy (non-hydrogen) atoms. The van der Waals surface area contributed by atoms with Crippen LogP contribution < -0.4 is 10.1 Å². The van der Waals surface area contributed by atoms with Crippen molar-refractivity contribution in [2.75, 3.05) is 26.2 Å². The van der Waals surface area contributed by atoms with E-state index in [9.17, 15) is 10.4 Å². The zero-order chi connectivity index (χ0) is 18.3. The number of ether oxygens (including phenoxy) is 1. The summed E-state index contributed by atoms with van der Waals surface area (Å²) in [4.78, 5) is 2.37. The quantitative estimate of drug-likeness (QED) is 0.808. The third-order valence-corrected chi connectivity index (χ3v) is 5.55. The van der Waals surface area contributed by atoms with Crippen LogP contribution in [-0.4, -0.2) is 42.3 Å². The Kier molecular flexibility index (Phi) is 4.49. The van der Waals surface area contributed by atoms with E-state index in [4.69, 9.17) is 16.3 Å². The molecule has 1 atom stereocenters. The first-order valence-corrected chi connectivity index (χ1v) is 9.10. The molecule has 0 saturated carbocycles. The Labute approximate surface area is 157 Å². The molecule has 2 aliphatic rings. The summed E-state index contributed by atoms with van der Waals surface area (Å²) in [6.45, 7) is 5.90. The maximum absolute atomic E-state index is 10.4. The van der Waals surface area contributed by atoms with E-state index < -0.39 is 0 Å². The predicted molar refractivity (Wildman–Crippen MR) is 101 cm³/mol. The van der Waals surface area contributed by atoms with Gasteiger partial charge in [-0.2, -0.15) is 5.26 Å². The van der Waals surface area contributed by atoms with Crippen molar-refractivity contribution in [1.82, 2.24) is 10.2 Å². The van der Waals surface area contributed by atoms with Gasteiger partial charge in [-0.1, -0.05) is 23.7 Å². The van der Waals surface area contributed by atoms with Crippen molar-refractivity contribution in [1.29, 1.82) is 5.26 Å². The topological polar surface area (TPSA) is 68.5 Å². The number of rotatable bonds is 1. The molecule has 0 spiro atoms. The van der Waals surface area contributed by atoms with Crippen molar-refractivity contribution in [2.45, 2.75) is 19.5 Å². The highest BCUT2D eigenvalue weighted by Gasteiger charge is 2.30. The second kappa shape index (κ2) is 6.81. The Morgan fingerprint density at radius 2 is 2.23 bits per heavy atom. The van der Waals surface area contributed by atoms with E-state index in [0.717, 1.165) is 30.8 Å². The Hall–Kier alpha value is -2.26. The summed E-state index contributed by atoms with van der Waals surface area (Å²) in [6, 6.07) is 9.67. The van der Waals surface area contributed by atoms with Crippen LogP contribution in [0.5, 0.6) is 11.5 Å². The molecule has 2 aliphatic heterocycles. The zero-order valence-electron chi connectivity index (χ0n) is 14.6. The first-order chi connectivity index (χ1) is 12.6. The van der Waals surface area contributed by atoms with E-state index in [1.807, 2.05) is 19.1 Å². The SMILES string of the molecule is Cc1cccc(O)c1-c1c(C#N)cc2c(c1Cl)OC[C@H]1CNCCN1C2. The minimum Gasteiger partial charge on any atom is -0.507 e. The summed E-state index contributed by atoms with van der Waals surface area (Å²) in [6.07, 6.45) is 0. The van der Waals surface area contributed by atoms with Crippen LogP contribution in [0.2, 0.25) is 5.02 Å². The number of hydrogen-bond acceptors (Lipinski definition) is 5. The van der Waals surface area contributed by atoms with Gasteiger partial charge in [0.25, 0.3) is 0 Å². The number of aryl methyl sites for hydroxylation is 1. The lowest BCUT2D eigenvalue weighted by Crippen LogP contribution is -2.52. The van der Waals surface area contributed by atoms with E-state index >= 15 is 0 Å². The molecule has 2 aromatic carbocycles. The zero-order valence-corrected chi connectivity index (χ0v) is 15.3. The molecule has 2 N–H and O–H groups in total. The molecule has 2 heterocycles. The minimum atomic E-state index is 0.110. The number of phenolic OH excluding ortho intramolecular Hbond substituents is 1. The average molecular weight is 370 g/mol. The monoisotopic (exact) mass is 369 g/mol. The fraction of sp³-hybridized carbons (Fsp3) is 0.350. The lowest BCUT2D eigenvalue weighted by Gasteiger charge is -2.33. The molecule has 0 aliphatic carbocycles. The van der Waals surface area contributed by atoms with Gasteiger partial charge in [0.05, 0.1) is 22.7 Å². The maximum Gasteiger partial charge on any atom is 0.143 e. The Balaban J connectivity index is 1.89. The summed E-state index contributed by atoms with van der Waals surface area (Å²) in [5, 5.41) is 23.9. The van der Waals surface area contributed by atoms with E-state index in [2.05, 4.69) is 16.3 Å². The normalized spacial score (nSPS) is 19.7. The lowest BCUT2D eigenvalue weighted by molar-refractivity contribution is 0.120. The number of phenols is 1. The number of nitrogens with one attached hydrogen (secondary N) is 1. The highest BCUT2D eigenvalue weighted by molar-refractivity contribution is 6.35.